The average molecular weight is 231 g/mol. The van der Waals surface area contributed by atoms with Crippen molar-refractivity contribution in [2.24, 2.45) is 5.92 Å². The monoisotopic (exact) mass is 231 g/mol. The van der Waals surface area contributed by atoms with Crippen molar-refractivity contribution in [2.45, 2.75) is 58.4 Å². The van der Waals surface area contributed by atoms with Gasteiger partial charge in [-0.15, -0.1) is 0 Å². The van der Waals surface area contributed by atoms with E-state index in [4.69, 9.17) is 0 Å². The fraction of sp³-hybridized carbons (Fsp3) is 0.625. The molecule has 1 aliphatic rings. The van der Waals surface area contributed by atoms with Gasteiger partial charge in [0.1, 0.15) is 0 Å². The second-order valence-electron chi connectivity index (χ2n) is 5.49. The molecule has 0 amide bonds. The van der Waals surface area contributed by atoms with Crippen LogP contribution >= 0.6 is 0 Å². The fourth-order valence-electron chi connectivity index (χ4n) is 2.70. The van der Waals surface area contributed by atoms with E-state index in [-0.39, 0.29) is 0 Å². The van der Waals surface area contributed by atoms with Crippen molar-refractivity contribution < 1.29 is 0 Å². The topological polar surface area (TPSA) is 12.0 Å². The number of rotatable bonds is 6. The van der Waals surface area contributed by atoms with E-state index in [2.05, 4.69) is 43.4 Å². The molecule has 1 fully saturated rings. The van der Waals surface area contributed by atoms with E-state index < -0.39 is 0 Å². The van der Waals surface area contributed by atoms with Gasteiger partial charge in [0.25, 0.3) is 0 Å². The van der Waals surface area contributed by atoms with Crippen LogP contribution in [0, 0.1) is 5.92 Å². The highest BCUT2D eigenvalue weighted by Crippen LogP contribution is 2.31. The third-order valence-corrected chi connectivity index (χ3v) is 3.85. The molecule has 0 spiro atoms. The fourth-order valence-corrected chi connectivity index (χ4v) is 2.70. The van der Waals surface area contributed by atoms with Gasteiger partial charge in [0, 0.05) is 11.7 Å². The number of hydrogen-bond donors (Lipinski definition) is 1. The van der Waals surface area contributed by atoms with Crippen molar-refractivity contribution in [2.75, 3.05) is 5.32 Å². The van der Waals surface area contributed by atoms with Crippen molar-refractivity contribution >= 4 is 5.69 Å². The zero-order valence-corrected chi connectivity index (χ0v) is 11.2. The first kappa shape index (κ1) is 12.5. The minimum atomic E-state index is 0.610. The predicted molar refractivity (Wildman–Crippen MR) is 75.5 cm³/mol. The van der Waals surface area contributed by atoms with Crippen LogP contribution in [0.1, 0.15) is 51.5 Å². The molecule has 1 aromatic rings. The van der Waals surface area contributed by atoms with Crippen LogP contribution in [0.25, 0.3) is 0 Å². The Bertz CT molecular complexity index is 341. The summed E-state index contributed by atoms with van der Waals surface area (Å²) in [6, 6.07) is 9.37. The zero-order chi connectivity index (χ0) is 12.1. The summed E-state index contributed by atoms with van der Waals surface area (Å²) < 4.78 is 0. The lowest BCUT2D eigenvalue weighted by Gasteiger charge is -2.29. The SMILES string of the molecule is CCCc1ccccc1NC(C)CC1CCC1. The molecule has 94 valence electrons. The van der Waals surface area contributed by atoms with Gasteiger partial charge in [-0.05, 0) is 37.3 Å². The van der Waals surface area contributed by atoms with Crippen LogP contribution in [0.2, 0.25) is 0 Å². The zero-order valence-electron chi connectivity index (χ0n) is 11.2. The summed E-state index contributed by atoms with van der Waals surface area (Å²) in [4.78, 5) is 0. The predicted octanol–water partition coefficient (Wildman–Crippen LogP) is 4.63. The van der Waals surface area contributed by atoms with E-state index in [9.17, 15) is 0 Å². The smallest absolute Gasteiger partial charge is 0.0374 e. The van der Waals surface area contributed by atoms with E-state index in [1.165, 1.54) is 49.8 Å². The van der Waals surface area contributed by atoms with E-state index in [0.29, 0.717) is 6.04 Å². The maximum atomic E-state index is 3.69. The minimum absolute atomic E-state index is 0.610. The molecule has 0 heterocycles. The van der Waals surface area contributed by atoms with Crippen molar-refractivity contribution in [1.29, 1.82) is 0 Å². The van der Waals surface area contributed by atoms with Crippen molar-refractivity contribution in [1.82, 2.24) is 0 Å². The molecule has 0 saturated heterocycles. The molecule has 1 aromatic carbocycles. The molecule has 1 unspecified atom stereocenters. The van der Waals surface area contributed by atoms with Crippen molar-refractivity contribution in [3.63, 3.8) is 0 Å². The Kier molecular flexibility index (Phi) is 4.47. The lowest BCUT2D eigenvalue weighted by molar-refractivity contribution is 0.286. The molecular weight excluding hydrogens is 206 g/mol. The van der Waals surface area contributed by atoms with Crippen LogP contribution in [0.5, 0.6) is 0 Å². The molecule has 2 rings (SSSR count). The summed E-state index contributed by atoms with van der Waals surface area (Å²) in [6.45, 7) is 4.57. The van der Waals surface area contributed by atoms with Crippen molar-refractivity contribution in [3.05, 3.63) is 29.8 Å². The van der Waals surface area contributed by atoms with Gasteiger partial charge in [-0.3, -0.25) is 0 Å². The standard InChI is InChI=1S/C16H25N/c1-3-7-15-10-4-5-11-16(15)17-13(2)12-14-8-6-9-14/h4-5,10-11,13-14,17H,3,6-9,12H2,1-2H3. The Hall–Kier alpha value is -0.980. The van der Waals surface area contributed by atoms with Crippen LogP contribution in [0.4, 0.5) is 5.69 Å². The molecular formula is C16H25N. The molecule has 1 N–H and O–H groups in total. The van der Waals surface area contributed by atoms with Gasteiger partial charge in [0.2, 0.25) is 0 Å². The molecule has 1 atom stereocenters. The van der Waals surface area contributed by atoms with Gasteiger partial charge in [-0.25, -0.2) is 0 Å². The van der Waals surface area contributed by atoms with Gasteiger partial charge in [0.15, 0.2) is 0 Å². The summed E-state index contributed by atoms with van der Waals surface area (Å²) >= 11 is 0. The van der Waals surface area contributed by atoms with Gasteiger partial charge < -0.3 is 5.32 Å². The lowest BCUT2D eigenvalue weighted by Crippen LogP contribution is -2.23. The Morgan fingerprint density at radius 1 is 1.29 bits per heavy atom. The molecule has 0 bridgehead atoms. The second kappa shape index (κ2) is 6.09. The Morgan fingerprint density at radius 2 is 2.06 bits per heavy atom. The highest BCUT2D eigenvalue weighted by atomic mass is 14.9. The Morgan fingerprint density at radius 3 is 2.71 bits per heavy atom. The molecule has 17 heavy (non-hydrogen) atoms. The van der Waals surface area contributed by atoms with E-state index >= 15 is 0 Å². The number of benzene rings is 1. The first-order valence-electron chi connectivity index (χ1n) is 7.14. The summed E-state index contributed by atoms with van der Waals surface area (Å²) in [5, 5.41) is 3.69. The van der Waals surface area contributed by atoms with Crippen LogP contribution < -0.4 is 5.32 Å². The normalized spacial score (nSPS) is 17.5. The third kappa shape index (κ3) is 3.49. The Balaban J connectivity index is 1.91. The number of aryl methyl sites for hydroxylation is 1. The van der Waals surface area contributed by atoms with E-state index in [0.717, 1.165) is 5.92 Å². The lowest BCUT2D eigenvalue weighted by atomic mass is 9.81. The molecule has 0 aliphatic heterocycles. The first-order chi connectivity index (χ1) is 8.29. The maximum Gasteiger partial charge on any atom is 0.0374 e. The molecule has 1 heteroatoms. The summed E-state index contributed by atoms with van der Waals surface area (Å²) in [6.07, 6.45) is 8.07. The largest absolute Gasteiger partial charge is 0.382 e. The van der Waals surface area contributed by atoms with Crippen LogP contribution in [-0.2, 0) is 6.42 Å². The van der Waals surface area contributed by atoms with Gasteiger partial charge in [-0.2, -0.15) is 0 Å². The number of para-hydroxylation sites is 1. The first-order valence-corrected chi connectivity index (χ1v) is 7.14. The number of hydrogen-bond acceptors (Lipinski definition) is 1. The highest BCUT2D eigenvalue weighted by molar-refractivity contribution is 5.51. The molecule has 0 radical (unpaired) electrons. The summed E-state index contributed by atoms with van der Waals surface area (Å²) in [7, 11) is 0. The molecule has 1 aliphatic carbocycles. The summed E-state index contributed by atoms with van der Waals surface area (Å²) in [5.74, 6) is 0.982. The Labute approximate surface area is 106 Å². The minimum Gasteiger partial charge on any atom is -0.382 e. The number of nitrogens with one attached hydrogen (secondary N) is 1. The molecule has 0 aromatic heterocycles. The molecule has 1 nitrogen and oxygen atoms in total. The van der Waals surface area contributed by atoms with Crippen LogP contribution in [0.3, 0.4) is 0 Å². The molecule has 1 saturated carbocycles. The number of anilines is 1. The van der Waals surface area contributed by atoms with E-state index in [1.807, 2.05) is 0 Å². The van der Waals surface area contributed by atoms with Crippen LogP contribution in [0.15, 0.2) is 24.3 Å². The van der Waals surface area contributed by atoms with Crippen molar-refractivity contribution in [3.8, 4) is 0 Å². The van der Waals surface area contributed by atoms with Crippen LogP contribution in [-0.4, -0.2) is 6.04 Å². The average Bonchev–Trinajstić information content (AvgIpc) is 2.27. The quantitative estimate of drug-likeness (QED) is 0.752. The van der Waals surface area contributed by atoms with E-state index in [1.54, 1.807) is 0 Å². The second-order valence-corrected chi connectivity index (χ2v) is 5.49. The highest BCUT2D eigenvalue weighted by Gasteiger charge is 2.20. The third-order valence-electron chi connectivity index (χ3n) is 3.85. The summed E-state index contributed by atoms with van der Waals surface area (Å²) in [5.41, 5.74) is 2.82. The van der Waals surface area contributed by atoms with Gasteiger partial charge in [-0.1, -0.05) is 50.8 Å². The maximum absolute atomic E-state index is 3.69. The van der Waals surface area contributed by atoms with Gasteiger partial charge in [0.05, 0.1) is 0 Å². The van der Waals surface area contributed by atoms with Gasteiger partial charge >= 0.3 is 0 Å².